The van der Waals surface area contributed by atoms with Gasteiger partial charge in [-0.1, -0.05) is 11.6 Å². The van der Waals surface area contributed by atoms with Crippen molar-refractivity contribution in [2.75, 3.05) is 43.5 Å². The number of nitro groups is 1. The van der Waals surface area contributed by atoms with E-state index in [1.165, 1.54) is 7.11 Å². The van der Waals surface area contributed by atoms with Crippen LogP contribution in [0.4, 0.5) is 30.2 Å². The molecule has 2 aromatic rings. The van der Waals surface area contributed by atoms with E-state index in [1.807, 2.05) is 4.90 Å². The van der Waals surface area contributed by atoms with Gasteiger partial charge < -0.3 is 15.0 Å². The highest BCUT2D eigenvalue weighted by Crippen LogP contribution is 2.37. The number of hydrogen-bond donors (Lipinski definition) is 1. The topological polar surface area (TPSA) is 88.0 Å². The van der Waals surface area contributed by atoms with Crippen LogP contribution in [0, 0.1) is 10.1 Å². The number of carbonyl (C=O) groups excluding carboxylic acids is 1. The number of halogens is 4. The van der Waals surface area contributed by atoms with Crippen molar-refractivity contribution in [2.24, 2.45) is 0 Å². The smallest absolute Gasteiger partial charge is 0.416 e. The van der Waals surface area contributed by atoms with Crippen LogP contribution in [0.3, 0.4) is 0 Å². The third kappa shape index (κ3) is 5.66. The number of nitrogens with one attached hydrogen (secondary N) is 1. The van der Waals surface area contributed by atoms with Crippen LogP contribution in [0.5, 0.6) is 5.75 Å². The van der Waals surface area contributed by atoms with E-state index in [2.05, 4.69) is 5.32 Å². The molecule has 0 aliphatic carbocycles. The molecule has 1 fully saturated rings. The van der Waals surface area contributed by atoms with Gasteiger partial charge in [-0.05, 0) is 37.3 Å². The van der Waals surface area contributed by atoms with Gasteiger partial charge in [-0.3, -0.25) is 19.8 Å². The monoisotopic (exact) mass is 486 g/mol. The number of piperazine rings is 1. The van der Waals surface area contributed by atoms with Crippen molar-refractivity contribution in [1.29, 1.82) is 0 Å². The predicted octanol–water partition coefficient (Wildman–Crippen LogP) is 4.42. The van der Waals surface area contributed by atoms with Gasteiger partial charge in [0.05, 0.1) is 29.3 Å². The number of anilines is 2. The largest absolute Gasteiger partial charge is 0.495 e. The van der Waals surface area contributed by atoms with Gasteiger partial charge in [0.25, 0.3) is 5.69 Å². The van der Waals surface area contributed by atoms with Gasteiger partial charge in [0.2, 0.25) is 5.91 Å². The molecule has 1 saturated heterocycles. The van der Waals surface area contributed by atoms with Gasteiger partial charge in [-0.25, -0.2) is 0 Å². The first kappa shape index (κ1) is 24.6. The number of alkyl halides is 3. The van der Waals surface area contributed by atoms with E-state index in [1.54, 1.807) is 30.0 Å². The lowest BCUT2D eigenvalue weighted by Gasteiger charge is -2.38. The Bertz CT molecular complexity index is 1040. The molecule has 33 heavy (non-hydrogen) atoms. The van der Waals surface area contributed by atoms with E-state index in [0.29, 0.717) is 48.7 Å². The number of methoxy groups -OCH3 is 1. The van der Waals surface area contributed by atoms with Crippen molar-refractivity contribution in [3.05, 3.63) is 57.1 Å². The molecule has 0 spiro atoms. The average Bonchev–Trinajstić information content (AvgIpc) is 2.77. The van der Waals surface area contributed by atoms with Gasteiger partial charge in [0.15, 0.2) is 0 Å². The highest BCUT2D eigenvalue weighted by molar-refractivity contribution is 6.31. The Morgan fingerprint density at radius 3 is 2.42 bits per heavy atom. The quantitative estimate of drug-likeness (QED) is 0.480. The van der Waals surface area contributed by atoms with Crippen molar-refractivity contribution in [2.45, 2.75) is 19.1 Å². The molecule has 1 aliphatic rings. The summed E-state index contributed by atoms with van der Waals surface area (Å²) in [5, 5.41) is 14.6. The summed E-state index contributed by atoms with van der Waals surface area (Å²) in [7, 11) is 1.47. The second kappa shape index (κ2) is 9.84. The molecule has 178 valence electrons. The molecular formula is C21H22ClF3N4O4. The van der Waals surface area contributed by atoms with Gasteiger partial charge in [0.1, 0.15) is 11.4 Å². The fourth-order valence-corrected chi connectivity index (χ4v) is 3.82. The van der Waals surface area contributed by atoms with E-state index in [0.717, 1.165) is 12.1 Å². The maximum atomic E-state index is 13.0. The van der Waals surface area contributed by atoms with E-state index in [9.17, 15) is 28.1 Å². The summed E-state index contributed by atoms with van der Waals surface area (Å²) < 4.78 is 44.1. The zero-order chi connectivity index (χ0) is 24.3. The van der Waals surface area contributed by atoms with Gasteiger partial charge in [0, 0.05) is 37.3 Å². The number of nitro benzene ring substituents is 1. The lowest BCUT2D eigenvalue weighted by Crippen LogP contribution is -2.53. The molecule has 0 radical (unpaired) electrons. The molecule has 1 N–H and O–H groups in total. The molecule has 0 saturated carbocycles. The summed E-state index contributed by atoms with van der Waals surface area (Å²) >= 11 is 6.00. The van der Waals surface area contributed by atoms with Gasteiger partial charge in [-0.15, -0.1) is 0 Å². The zero-order valence-corrected chi connectivity index (χ0v) is 18.6. The van der Waals surface area contributed by atoms with Crippen molar-refractivity contribution >= 4 is 34.6 Å². The van der Waals surface area contributed by atoms with E-state index >= 15 is 0 Å². The lowest BCUT2D eigenvalue weighted by molar-refractivity contribution is -0.384. The second-order valence-electron chi connectivity index (χ2n) is 7.49. The number of benzene rings is 2. The van der Waals surface area contributed by atoms with Crippen LogP contribution in [0.15, 0.2) is 36.4 Å². The van der Waals surface area contributed by atoms with Crippen LogP contribution < -0.4 is 15.0 Å². The third-order valence-electron chi connectivity index (χ3n) is 5.50. The summed E-state index contributed by atoms with van der Waals surface area (Å²) in [5.41, 5.74) is -1.12. The minimum Gasteiger partial charge on any atom is -0.495 e. The number of amides is 1. The zero-order valence-electron chi connectivity index (χ0n) is 17.9. The third-order valence-corrected chi connectivity index (χ3v) is 5.74. The Hall–Kier alpha value is -3.05. The van der Waals surface area contributed by atoms with Crippen molar-refractivity contribution in [3.63, 3.8) is 0 Å². The first-order valence-corrected chi connectivity index (χ1v) is 10.4. The number of carbonyl (C=O) groups is 1. The molecule has 1 unspecified atom stereocenters. The molecule has 1 atom stereocenters. The standard InChI is InChI=1S/C21H22ClF3N4O4/c1-13(20(30)26-16-12-15(22)4-6-19(16)33-2)27-7-9-28(10-8-27)17-5-3-14(21(23,24)25)11-18(17)29(31)32/h3-6,11-13H,7-10H2,1-2H3,(H,26,30). The minimum atomic E-state index is -4.67. The molecule has 8 nitrogen and oxygen atoms in total. The summed E-state index contributed by atoms with van der Waals surface area (Å²) in [6.07, 6.45) is -4.67. The highest BCUT2D eigenvalue weighted by atomic mass is 35.5. The molecule has 1 amide bonds. The Morgan fingerprint density at radius 1 is 1.18 bits per heavy atom. The predicted molar refractivity (Wildman–Crippen MR) is 118 cm³/mol. The van der Waals surface area contributed by atoms with Crippen LogP contribution in [-0.4, -0.2) is 55.1 Å². The maximum Gasteiger partial charge on any atom is 0.416 e. The first-order chi connectivity index (χ1) is 15.5. The van der Waals surface area contributed by atoms with E-state index in [4.69, 9.17) is 16.3 Å². The molecule has 0 aromatic heterocycles. The molecule has 0 bridgehead atoms. The molecule has 12 heteroatoms. The number of rotatable bonds is 6. The Labute approximate surface area is 193 Å². The minimum absolute atomic E-state index is 0.119. The average molecular weight is 487 g/mol. The normalized spacial score (nSPS) is 15.8. The number of hydrogen-bond acceptors (Lipinski definition) is 6. The summed E-state index contributed by atoms with van der Waals surface area (Å²) in [6.45, 7) is 3.12. The van der Waals surface area contributed by atoms with Crippen LogP contribution >= 0.6 is 11.6 Å². The Morgan fingerprint density at radius 2 is 1.85 bits per heavy atom. The summed E-state index contributed by atoms with van der Waals surface area (Å²) in [5.74, 6) is 0.170. The maximum absolute atomic E-state index is 13.0. The van der Waals surface area contributed by atoms with Crippen LogP contribution in [0.2, 0.25) is 5.02 Å². The molecule has 1 aliphatic heterocycles. The fourth-order valence-electron chi connectivity index (χ4n) is 3.64. The molecule has 3 rings (SSSR count). The summed E-state index contributed by atoms with van der Waals surface area (Å²) in [4.78, 5) is 26.9. The van der Waals surface area contributed by atoms with Gasteiger partial charge >= 0.3 is 6.18 Å². The molecular weight excluding hydrogens is 465 g/mol. The Kier molecular flexibility index (Phi) is 7.33. The van der Waals surface area contributed by atoms with Crippen molar-refractivity contribution in [1.82, 2.24) is 4.90 Å². The number of ether oxygens (including phenoxy) is 1. The van der Waals surface area contributed by atoms with Crippen LogP contribution in [0.25, 0.3) is 0 Å². The molecule has 2 aromatic carbocycles. The SMILES string of the molecule is COc1ccc(Cl)cc1NC(=O)C(C)N1CCN(c2ccc(C(F)(F)F)cc2[N+](=O)[O-])CC1. The highest BCUT2D eigenvalue weighted by Gasteiger charge is 2.35. The lowest BCUT2D eigenvalue weighted by atomic mass is 10.1. The Balaban J connectivity index is 1.68. The van der Waals surface area contributed by atoms with E-state index in [-0.39, 0.29) is 11.6 Å². The van der Waals surface area contributed by atoms with Crippen LogP contribution in [0.1, 0.15) is 12.5 Å². The molecule has 1 heterocycles. The van der Waals surface area contributed by atoms with Crippen molar-refractivity contribution < 1.29 is 27.6 Å². The van der Waals surface area contributed by atoms with Crippen molar-refractivity contribution in [3.8, 4) is 5.75 Å². The fraction of sp³-hybridized carbons (Fsp3) is 0.381. The van der Waals surface area contributed by atoms with Crippen LogP contribution in [-0.2, 0) is 11.0 Å². The number of nitrogens with zero attached hydrogens (tertiary/aromatic N) is 3. The second-order valence-corrected chi connectivity index (χ2v) is 7.93. The first-order valence-electron chi connectivity index (χ1n) is 10.00. The van der Waals surface area contributed by atoms with Gasteiger partial charge in [-0.2, -0.15) is 13.2 Å². The van der Waals surface area contributed by atoms with E-state index < -0.39 is 28.4 Å². The summed E-state index contributed by atoms with van der Waals surface area (Å²) in [6, 6.07) is 6.83.